The summed E-state index contributed by atoms with van der Waals surface area (Å²) in [5.41, 5.74) is 0. The van der Waals surface area contributed by atoms with Crippen LogP contribution in [-0.2, 0) is 18.4 Å². The quantitative estimate of drug-likeness (QED) is 0.0272. The molecule has 80 heavy (non-hydrogen) atoms. The van der Waals surface area contributed by atoms with Gasteiger partial charge in [0.2, 0.25) is 5.91 Å². The monoisotopic (exact) mass is 1120 g/mol. The Labute approximate surface area is 492 Å². The van der Waals surface area contributed by atoms with E-state index in [0.29, 0.717) is 23.9 Å². The molecule has 2 N–H and O–H groups in total. The molecule has 0 rings (SSSR count). The zero-order valence-electron chi connectivity index (χ0n) is 51.5. The van der Waals surface area contributed by atoms with E-state index in [4.69, 9.17) is 9.05 Å². The Morgan fingerprint density at radius 2 is 0.775 bits per heavy atom. The summed E-state index contributed by atoms with van der Waals surface area (Å²) in [5.74, 6) is -0.250. The molecule has 452 valence electrons. The summed E-state index contributed by atoms with van der Waals surface area (Å²) in [6, 6.07) is -0.942. The second-order valence-electron chi connectivity index (χ2n) is 21.7. The van der Waals surface area contributed by atoms with Gasteiger partial charge in [0.05, 0.1) is 39.9 Å². The van der Waals surface area contributed by atoms with E-state index in [1.165, 1.54) is 77.0 Å². The van der Waals surface area contributed by atoms with Crippen molar-refractivity contribution in [3.05, 3.63) is 170 Å². The number of phosphoric acid groups is 1. The lowest BCUT2D eigenvalue weighted by molar-refractivity contribution is -0.870. The van der Waals surface area contributed by atoms with Gasteiger partial charge >= 0.3 is 0 Å². The lowest BCUT2D eigenvalue weighted by Gasteiger charge is -2.29. The minimum atomic E-state index is -4.63. The first-order valence-electron chi connectivity index (χ1n) is 31.5. The third-order valence-electron chi connectivity index (χ3n) is 12.9. The number of carbonyl (C=O) groups is 1. The number of aliphatic hydroxyl groups excluding tert-OH is 1. The van der Waals surface area contributed by atoms with E-state index in [9.17, 15) is 19.4 Å². The first-order chi connectivity index (χ1) is 39.0. The van der Waals surface area contributed by atoms with Crippen LogP contribution in [0.15, 0.2) is 170 Å². The van der Waals surface area contributed by atoms with Gasteiger partial charge in [-0.25, -0.2) is 0 Å². The summed E-state index contributed by atoms with van der Waals surface area (Å²) in [4.78, 5) is 25.5. The van der Waals surface area contributed by atoms with Crippen LogP contribution in [0.3, 0.4) is 0 Å². The van der Waals surface area contributed by atoms with Crippen LogP contribution >= 0.6 is 7.82 Å². The van der Waals surface area contributed by atoms with Crippen LogP contribution in [0.5, 0.6) is 0 Å². The molecule has 0 saturated heterocycles. The summed E-state index contributed by atoms with van der Waals surface area (Å²) < 4.78 is 23.3. The van der Waals surface area contributed by atoms with Crippen molar-refractivity contribution >= 4 is 13.7 Å². The molecule has 1 amide bonds. The molecule has 3 atom stereocenters. The van der Waals surface area contributed by atoms with Gasteiger partial charge in [0.25, 0.3) is 7.82 Å². The normalized spacial score (nSPS) is 14.9. The highest BCUT2D eigenvalue weighted by molar-refractivity contribution is 7.45. The molecular weight excluding hydrogens is 1010 g/mol. The fourth-order valence-corrected chi connectivity index (χ4v) is 8.73. The maximum Gasteiger partial charge on any atom is 0.268 e. The van der Waals surface area contributed by atoms with Crippen LogP contribution in [0.4, 0.5) is 0 Å². The molecule has 0 aromatic carbocycles. The molecule has 0 heterocycles. The predicted octanol–water partition coefficient (Wildman–Crippen LogP) is 19.3. The third-order valence-corrected chi connectivity index (χ3v) is 13.9. The van der Waals surface area contributed by atoms with Gasteiger partial charge in [-0.2, -0.15) is 0 Å². The van der Waals surface area contributed by atoms with Crippen LogP contribution in [0.25, 0.3) is 0 Å². The molecule has 0 aliphatic heterocycles. The molecule has 0 aromatic rings. The molecule has 0 aliphatic carbocycles. The molecule has 0 aliphatic rings. The Hall–Kier alpha value is -4.14. The molecule has 0 radical (unpaired) electrons. The lowest BCUT2D eigenvalue weighted by atomic mass is 10.1. The number of amides is 1. The molecule has 8 nitrogen and oxygen atoms in total. The summed E-state index contributed by atoms with van der Waals surface area (Å²) in [6.45, 7) is 4.46. The zero-order valence-corrected chi connectivity index (χ0v) is 52.3. The molecule has 9 heteroatoms. The number of allylic oxidation sites excluding steroid dienone is 27. The van der Waals surface area contributed by atoms with Crippen molar-refractivity contribution in [1.29, 1.82) is 0 Å². The zero-order chi connectivity index (χ0) is 58.4. The fourth-order valence-electron chi connectivity index (χ4n) is 8.01. The Kier molecular flexibility index (Phi) is 56.4. The van der Waals surface area contributed by atoms with E-state index in [1.807, 2.05) is 27.2 Å². The molecule has 0 spiro atoms. The summed E-state index contributed by atoms with van der Waals surface area (Å²) >= 11 is 0. The van der Waals surface area contributed by atoms with E-state index in [-0.39, 0.29) is 18.9 Å². The third kappa shape index (κ3) is 61.5. The number of likely N-dealkylation sites (N-methyl/N-ethyl adjacent to an activating group) is 1. The number of aliphatic hydroxyl groups is 1. The molecular formula is C71H117N2O6P. The maximum atomic E-state index is 13.0. The highest BCUT2D eigenvalue weighted by Gasteiger charge is 2.23. The van der Waals surface area contributed by atoms with Crippen LogP contribution in [0, 0.1) is 0 Å². The molecule has 0 saturated carbocycles. The predicted molar refractivity (Wildman–Crippen MR) is 347 cm³/mol. The highest BCUT2D eigenvalue weighted by atomic mass is 31.2. The Balaban J connectivity index is 4.34. The number of rotatable bonds is 55. The number of unbranched alkanes of at least 4 members (excludes halogenated alkanes) is 16. The van der Waals surface area contributed by atoms with Crippen LogP contribution in [-0.4, -0.2) is 68.5 Å². The van der Waals surface area contributed by atoms with Crippen molar-refractivity contribution < 1.29 is 32.9 Å². The number of hydrogen-bond donors (Lipinski definition) is 2. The van der Waals surface area contributed by atoms with E-state index < -0.39 is 26.6 Å². The number of nitrogens with one attached hydrogen (secondary N) is 1. The van der Waals surface area contributed by atoms with Crippen molar-refractivity contribution in [2.75, 3.05) is 40.9 Å². The highest BCUT2D eigenvalue weighted by Crippen LogP contribution is 2.38. The van der Waals surface area contributed by atoms with Crippen LogP contribution < -0.4 is 10.2 Å². The van der Waals surface area contributed by atoms with Crippen molar-refractivity contribution in [1.82, 2.24) is 5.32 Å². The van der Waals surface area contributed by atoms with Gasteiger partial charge < -0.3 is 28.8 Å². The minimum absolute atomic E-state index is 0.0255. The molecule has 0 aromatic heterocycles. The maximum absolute atomic E-state index is 13.0. The van der Waals surface area contributed by atoms with Gasteiger partial charge in [0.15, 0.2) is 0 Å². The van der Waals surface area contributed by atoms with Gasteiger partial charge in [0, 0.05) is 6.42 Å². The SMILES string of the molecule is CC/C=C\C/C=C\C/C=C\C/C=C\C/C=C\C/C=C\C/C=C\C/C=C\C/C=C\C/C=C\C/C=C\CCCCCC(=O)NC(COP(=O)([O-])OCC[N+](C)(C)C)C(O)/C=C/CC/C=C/CC/C=C/CCCCCCCCCCCCC. The van der Waals surface area contributed by atoms with Gasteiger partial charge in [-0.3, -0.25) is 9.36 Å². The van der Waals surface area contributed by atoms with Gasteiger partial charge in [-0.15, -0.1) is 0 Å². The largest absolute Gasteiger partial charge is 0.756 e. The van der Waals surface area contributed by atoms with E-state index in [0.717, 1.165) is 109 Å². The first-order valence-corrected chi connectivity index (χ1v) is 33.0. The topological polar surface area (TPSA) is 108 Å². The lowest BCUT2D eigenvalue weighted by Crippen LogP contribution is -2.45. The average Bonchev–Trinajstić information content (AvgIpc) is 3.42. The van der Waals surface area contributed by atoms with Crippen molar-refractivity contribution in [2.24, 2.45) is 0 Å². The Bertz CT molecular complexity index is 1900. The first kappa shape index (κ1) is 75.9. The standard InChI is InChI=1S/C71H117N2O6P/c1-6-8-10-12-14-16-18-20-22-24-26-28-29-30-31-32-33-34-35-36-37-38-39-40-41-42-43-45-47-49-51-53-55-57-59-61-63-65-71(75)72-69(68-79-80(76,77)78-67-66-73(3,4)5)70(74)64-62-60-58-56-54-52-50-48-46-44-27-25-23-21-19-17-15-13-11-9-7-2/h8,10,14,16,20,22,26,28,30-31,33-34,36-37,39-40,42-43,46-49,53-56,62,64,69-70,74H,6-7,9,11-13,15,17-19,21,23-25,27,29,32,35,38,41,44-45,50-52,57-61,63,65-68H2,1-5H3,(H-,72,75,76,77)/b10-8-,16-14-,22-20-,28-26-,31-30-,34-33-,37-36-,40-39-,43-42-,48-46+,49-47-,55-53-,56-54+,64-62+. The van der Waals surface area contributed by atoms with E-state index >= 15 is 0 Å². The van der Waals surface area contributed by atoms with E-state index in [2.05, 4.69) is 177 Å². The van der Waals surface area contributed by atoms with Crippen LogP contribution in [0.2, 0.25) is 0 Å². The smallest absolute Gasteiger partial charge is 0.268 e. The van der Waals surface area contributed by atoms with Crippen molar-refractivity contribution in [3.8, 4) is 0 Å². The molecule has 3 unspecified atom stereocenters. The second-order valence-corrected chi connectivity index (χ2v) is 23.1. The number of phosphoric ester groups is 1. The van der Waals surface area contributed by atoms with E-state index in [1.54, 1.807) is 6.08 Å². The Morgan fingerprint density at radius 1 is 0.450 bits per heavy atom. The number of carbonyl (C=O) groups excluding carboxylic acids is 1. The van der Waals surface area contributed by atoms with Crippen molar-refractivity contribution in [3.63, 3.8) is 0 Å². The summed E-state index contributed by atoms with van der Waals surface area (Å²) in [6.07, 6.45) is 94.5. The minimum Gasteiger partial charge on any atom is -0.756 e. The summed E-state index contributed by atoms with van der Waals surface area (Å²) in [5, 5.41) is 13.9. The van der Waals surface area contributed by atoms with Gasteiger partial charge in [-0.1, -0.05) is 255 Å². The van der Waals surface area contributed by atoms with Crippen LogP contribution in [0.1, 0.15) is 219 Å². The Morgan fingerprint density at radius 3 is 1.16 bits per heavy atom. The molecule has 0 fully saturated rings. The second kappa shape index (κ2) is 59.5. The van der Waals surface area contributed by atoms with Gasteiger partial charge in [0.1, 0.15) is 13.2 Å². The van der Waals surface area contributed by atoms with Gasteiger partial charge in [-0.05, 0) is 128 Å². The average molecular weight is 1130 g/mol. The molecule has 0 bridgehead atoms. The number of nitrogens with zero attached hydrogens (tertiary/aromatic N) is 1. The summed E-state index contributed by atoms with van der Waals surface area (Å²) in [7, 11) is 1.19. The number of hydrogen-bond acceptors (Lipinski definition) is 6. The number of quaternary nitrogens is 1. The fraction of sp³-hybridized carbons (Fsp3) is 0.592. The van der Waals surface area contributed by atoms with Crippen molar-refractivity contribution in [2.45, 2.75) is 231 Å².